The van der Waals surface area contributed by atoms with Crippen LogP contribution in [0.25, 0.3) is 0 Å². The number of carbonyl (C=O) groups excluding carboxylic acids is 1. The molecule has 0 radical (unpaired) electrons. The minimum atomic E-state index is -0.115. The van der Waals surface area contributed by atoms with Crippen LogP contribution < -0.4 is 5.32 Å². The largest absolute Gasteiger partial charge is 0.349 e. The first kappa shape index (κ1) is 12.8. The minimum absolute atomic E-state index is 0.0773. The van der Waals surface area contributed by atoms with Gasteiger partial charge in [-0.25, -0.2) is 0 Å². The summed E-state index contributed by atoms with van der Waals surface area (Å²) in [5, 5.41) is 5.28. The van der Waals surface area contributed by atoms with Gasteiger partial charge in [0, 0.05) is 11.9 Å². The highest BCUT2D eigenvalue weighted by Crippen LogP contribution is 2.26. The van der Waals surface area contributed by atoms with Crippen molar-refractivity contribution in [3.05, 3.63) is 20.8 Å². The average molecular weight is 266 g/mol. The molecule has 0 fully saturated rings. The third kappa shape index (κ3) is 3.37. The number of hydrogen-bond acceptors (Lipinski definition) is 2. The zero-order valence-electron chi connectivity index (χ0n) is 8.64. The highest BCUT2D eigenvalue weighted by atomic mass is 35.5. The van der Waals surface area contributed by atoms with Crippen molar-refractivity contribution in [3.8, 4) is 0 Å². The third-order valence-electron chi connectivity index (χ3n) is 2.02. The standard InChI is InChI=1S/C10H13Cl2NOS/c1-6-5-15-9(8(6)12)10(14)13-7(2)3-4-11/h5,7H,3-4H2,1-2H3,(H,13,14). The second-order valence-corrected chi connectivity index (χ2v) is 5.05. The molecule has 0 aliphatic rings. The molecule has 1 rings (SSSR count). The molecular weight excluding hydrogens is 253 g/mol. The Labute approximate surface area is 104 Å². The van der Waals surface area contributed by atoms with E-state index < -0.39 is 0 Å². The fraction of sp³-hybridized carbons (Fsp3) is 0.500. The van der Waals surface area contributed by atoms with Crippen LogP contribution in [0, 0.1) is 6.92 Å². The van der Waals surface area contributed by atoms with Gasteiger partial charge in [0.25, 0.3) is 5.91 Å². The quantitative estimate of drug-likeness (QED) is 0.831. The highest BCUT2D eigenvalue weighted by molar-refractivity contribution is 7.13. The molecule has 5 heteroatoms. The maximum atomic E-state index is 11.7. The molecule has 1 N–H and O–H groups in total. The van der Waals surface area contributed by atoms with Crippen molar-refractivity contribution in [2.45, 2.75) is 26.3 Å². The van der Waals surface area contributed by atoms with Crippen molar-refractivity contribution < 1.29 is 4.79 Å². The molecule has 1 heterocycles. The summed E-state index contributed by atoms with van der Waals surface area (Å²) in [6.07, 6.45) is 0.759. The minimum Gasteiger partial charge on any atom is -0.349 e. The first-order valence-corrected chi connectivity index (χ1v) is 6.46. The van der Waals surface area contributed by atoms with Gasteiger partial charge in [0.1, 0.15) is 4.88 Å². The summed E-state index contributed by atoms with van der Waals surface area (Å²) in [5.74, 6) is 0.425. The Morgan fingerprint density at radius 3 is 2.80 bits per heavy atom. The molecule has 1 atom stereocenters. The first-order valence-electron chi connectivity index (χ1n) is 4.66. The van der Waals surface area contributed by atoms with E-state index in [0.717, 1.165) is 12.0 Å². The predicted octanol–water partition coefficient (Wildman–Crippen LogP) is 3.46. The van der Waals surface area contributed by atoms with Crippen LogP contribution >= 0.6 is 34.5 Å². The van der Waals surface area contributed by atoms with E-state index in [-0.39, 0.29) is 11.9 Å². The molecule has 0 aromatic carbocycles. The summed E-state index contributed by atoms with van der Waals surface area (Å²) >= 11 is 12.9. The normalized spacial score (nSPS) is 12.5. The van der Waals surface area contributed by atoms with Crippen LogP contribution in [-0.4, -0.2) is 17.8 Å². The smallest absolute Gasteiger partial charge is 0.263 e. The summed E-state index contributed by atoms with van der Waals surface area (Å²) in [5.41, 5.74) is 0.941. The molecule has 2 nitrogen and oxygen atoms in total. The summed E-state index contributed by atoms with van der Waals surface area (Å²) in [6.45, 7) is 3.81. The van der Waals surface area contributed by atoms with Crippen LogP contribution in [0.15, 0.2) is 5.38 Å². The molecule has 1 aromatic heterocycles. The number of carbonyl (C=O) groups is 1. The number of halogens is 2. The molecule has 0 bridgehead atoms. The lowest BCUT2D eigenvalue weighted by atomic mass is 10.2. The Morgan fingerprint density at radius 2 is 2.33 bits per heavy atom. The summed E-state index contributed by atoms with van der Waals surface area (Å²) in [4.78, 5) is 12.3. The molecule has 0 saturated carbocycles. The molecule has 0 aliphatic carbocycles. The van der Waals surface area contributed by atoms with Crippen LogP contribution in [0.3, 0.4) is 0 Å². The van der Waals surface area contributed by atoms with E-state index >= 15 is 0 Å². The van der Waals surface area contributed by atoms with Gasteiger partial charge in [-0.15, -0.1) is 22.9 Å². The molecule has 0 saturated heterocycles. The fourth-order valence-electron chi connectivity index (χ4n) is 1.11. The van der Waals surface area contributed by atoms with Gasteiger partial charge in [-0.1, -0.05) is 11.6 Å². The zero-order chi connectivity index (χ0) is 11.4. The van der Waals surface area contributed by atoms with E-state index in [0.29, 0.717) is 15.8 Å². The summed E-state index contributed by atoms with van der Waals surface area (Å²) in [6, 6.07) is 0.0773. The maximum absolute atomic E-state index is 11.7. The van der Waals surface area contributed by atoms with E-state index in [1.807, 2.05) is 19.2 Å². The van der Waals surface area contributed by atoms with Gasteiger partial charge in [0.15, 0.2) is 0 Å². The topological polar surface area (TPSA) is 29.1 Å². The van der Waals surface area contributed by atoms with Gasteiger partial charge in [0.05, 0.1) is 5.02 Å². The lowest BCUT2D eigenvalue weighted by Crippen LogP contribution is -2.32. The molecule has 1 unspecified atom stereocenters. The Balaban J connectivity index is 2.65. The van der Waals surface area contributed by atoms with Crippen molar-refractivity contribution in [1.82, 2.24) is 5.32 Å². The highest BCUT2D eigenvalue weighted by Gasteiger charge is 2.15. The second kappa shape index (κ2) is 5.73. The van der Waals surface area contributed by atoms with E-state index in [4.69, 9.17) is 23.2 Å². The molecule has 1 amide bonds. The van der Waals surface area contributed by atoms with Gasteiger partial charge >= 0.3 is 0 Å². The Morgan fingerprint density at radius 1 is 1.67 bits per heavy atom. The van der Waals surface area contributed by atoms with Crippen LogP contribution in [0.5, 0.6) is 0 Å². The first-order chi connectivity index (χ1) is 7.06. The Kier molecular flexibility index (Phi) is 4.90. The zero-order valence-corrected chi connectivity index (χ0v) is 11.0. The number of alkyl halides is 1. The van der Waals surface area contributed by atoms with Crippen molar-refractivity contribution in [2.75, 3.05) is 5.88 Å². The molecular formula is C10H13Cl2NOS. The number of thiophene rings is 1. The van der Waals surface area contributed by atoms with Gasteiger partial charge in [-0.3, -0.25) is 4.79 Å². The van der Waals surface area contributed by atoms with Crippen LogP contribution in [0.4, 0.5) is 0 Å². The lowest BCUT2D eigenvalue weighted by Gasteiger charge is -2.11. The van der Waals surface area contributed by atoms with Crippen molar-refractivity contribution in [1.29, 1.82) is 0 Å². The lowest BCUT2D eigenvalue weighted by molar-refractivity contribution is 0.0943. The van der Waals surface area contributed by atoms with E-state index in [9.17, 15) is 4.79 Å². The SMILES string of the molecule is Cc1csc(C(=O)NC(C)CCCl)c1Cl. The van der Waals surface area contributed by atoms with Crippen LogP contribution in [0.2, 0.25) is 5.02 Å². The van der Waals surface area contributed by atoms with Gasteiger partial charge in [-0.2, -0.15) is 0 Å². The maximum Gasteiger partial charge on any atom is 0.263 e. The van der Waals surface area contributed by atoms with Crippen molar-refractivity contribution >= 4 is 40.4 Å². The molecule has 84 valence electrons. The van der Waals surface area contributed by atoms with E-state index in [1.165, 1.54) is 11.3 Å². The Bertz CT molecular complexity index is 351. The third-order valence-corrected chi connectivity index (χ3v) is 3.94. The molecule has 1 aromatic rings. The second-order valence-electron chi connectivity index (χ2n) is 3.41. The molecule has 15 heavy (non-hydrogen) atoms. The summed E-state index contributed by atoms with van der Waals surface area (Å²) in [7, 11) is 0. The number of rotatable bonds is 4. The van der Waals surface area contributed by atoms with Gasteiger partial charge in [0.2, 0.25) is 0 Å². The van der Waals surface area contributed by atoms with Gasteiger partial charge < -0.3 is 5.32 Å². The van der Waals surface area contributed by atoms with Crippen molar-refractivity contribution in [2.24, 2.45) is 0 Å². The van der Waals surface area contributed by atoms with E-state index in [2.05, 4.69) is 5.32 Å². The van der Waals surface area contributed by atoms with Crippen LogP contribution in [-0.2, 0) is 0 Å². The number of aryl methyl sites for hydroxylation is 1. The number of nitrogens with one attached hydrogen (secondary N) is 1. The number of hydrogen-bond donors (Lipinski definition) is 1. The number of amides is 1. The van der Waals surface area contributed by atoms with E-state index in [1.54, 1.807) is 0 Å². The Hall–Kier alpha value is -0.250. The van der Waals surface area contributed by atoms with Crippen LogP contribution in [0.1, 0.15) is 28.6 Å². The molecule has 0 spiro atoms. The van der Waals surface area contributed by atoms with Crippen molar-refractivity contribution in [3.63, 3.8) is 0 Å². The van der Waals surface area contributed by atoms with Gasteiger partial charge in [-0.05, 0) is 31.2 Å². The predicted molar refractivity (Wildman–Crippen MR) is 66.3 cm³/mol. The fourth-order valence-corrected chi connectivity index (χ4v) is 2.62. The average Bonchev–Trinajstić information content (AvgIpc) is 2.48. The molecule has 0 aliphatic heterocycles. The monoisotopic (exact) mass is 265 g/mol. The summed E-state index contributed by atoms with van der Waals surface area (Å²) < 4.78 is 0.